The maximum absolute atomic E-state index is 12.3. The molecule has 21 heavy (non-hydrogen) atoms. The van der Waals surface area contributed by atoms with Gasteiger partial charge in [-0.1, -0.05) is 29.3 Å². The first-order chi connectivity index (χ1) is 9.94. The highest BCUT2D eigenvalue weighted by atomic mass is 35.5. The minimum Gasteiger partial charge on any atom is -0.490 e. The van der Waals surface area contributed by atoms with Crippen LogP contribution in [0.25, 0.3) is 0 Å². The molecule has 2 rings (SSSR count). The molecule has 7 heteroatoms. The quantitative estimate of drug-likeness (QED) is 0.883. The molecule has 0 saturated heterocycles. The monoisotopic (exact) mass is 345 g/mol. The molecule has 0 radical (unpaired) electrons. The summed E-state index contributed by atoms with van der Waals surface area (Å²) in [6, 6.07) is 10.7. The van der Waals surface area contributed by atoms with Crippen LogP contribution in [0, 0.1) is 0 Å². The van der Waals surface area contributed by atoms with E-state index in [1.54, 1.807) is 25.1 Å². The van der Waals surface area contributed by atoms with Gasteiger partial charge in [0.25, 0.3) is 10.0 Å². The number of sulfonamides is 1. The molecule has 0 aliphatic carbocycles. The van der Waals surface area contributed by atoms with Crippen LogP contribution in [-0.2, 0) is 10.0 Å². The molecule has 0 bridgehead atoms. The van der Waals surface area contributed by atoms with Crippen LogP contribution in [0.5, 0.6) is 5.75 Å². The minimum atomic E-state index is -3.73. The fourth-order valence-corrected chi connectivity index (χ4v) is 3.12. The molecule has 1 N–H and O–H groups in total. The van der Waals surface area contributed by atoms with Crippen molar-refractivity contribution < 1.29 is 13.2 Å². The number of hydrogen-bond donors (Lipinski definition) is 1. The maximum atomic E-state index is 12.3. The highest BCUT2D eigenvalue weighted by molar-refractivity contribution is 7.92. The van der Waals surface area contributed by atoms with Gasteiger partial charge >= 0.3 is 0 Å². The van der Waals surface area contributed by atoms with Gasteiger partial charge in [-0.15, -0.1) is 0 Å². The van der Waals surface area contributed by atoms with E-state index in [0.717, 1.165) is 0 Å². The van der Waals surface area contributed by atoms with Gasteiger partial charge in [0.1, 0.15) is 0 Å². The fourth-order valence-electron chi connectivity index (χ4n) is 1.70. The molecular weight excluding hydrogens is 333 g/mol. The van der Waals surface area contributed by atoms with Crippen molar-refractivity contribution in [1.82, 2.24) is 0 Å². The Kier molecular flexibility index (Phi) is 4.98. The van der Waals surface area contributed by atoms with Crippen molar-refractivity contribution in [2.24, 2.45) is 0 Å². The molecule has 4 nitrogen and oxygen atoms in total. The summed E-state index contributed by atoms with van der Waals surface area (Å²) >= 11 is 11.8. The lowest BCUT2D eigenvalue weighted by atomic mass is 10.3. The van der Waals surface area contributed by atoms with E-state index in [-0.39, 0.29) is 4.90 Å². The first-order valence-corrected chi connectivity index (χ1v) is 8.37. The van der Waals surface area contributed by atoms with Gasteiger partial charge in [-0.25, -0.2) is 8.42 Å². The van der Waals surface area contributed by atoms with Gasteiger partial charge in [-0.3, -0.25) is 4.72 Å². The van der Waals surface area contributed by atoms with Gasteiger partial charge in [0.2, 0.25) is 0 Å². The topological polar surface area (TPSA) is 55.4 Å². The third kappa shape index (κ3) is 3.81. The molecule has 0 unspecified atom stereocenters. The Morgan fingerprint density at radius 1 is 1.10 bits per heavy atom. The summed E-state index contributed by atoms with van der Waals surface area (Å²) in [6.45, 7) is 2.17. The van der Waals surface area contributed by atoms with Crippen LogP contribution in [0.15, 0.2) is 47.4 Å². The Morgan fingerprint density at radius 3 is 2.38 bits per heavy atom. The van der Waals surface area contributed by atoms with Crippen LogP contribution in [0.4, 0.5) is 5.69 Å². The zero-order chi connectivity index (χ0) is 15.5. The predicted molar refractivity (Wildman–Crippen MR) is 84.9 cm³/mol. The lowest BCUT2D eigenvalue weighted by Gasteiger charge is -2.14. The molecule has 2 aromatic rings. The standard InChI is InChI=1S/C14H13Cl2NO3S/c1-2-20-14-12(16)4-3-5-13(14)17-21(18,19)11-8-6-10(15)7-9-11/h3-9,17H,2H2,1H3. The first kappa shape index (κ1) is 15.9. The molecule has 0 fully saturated rings. The first-order valence-electron chi connectivity index (χ1n) is 6.13. The number of nitrogens with one attached hydrogen (secondary N) is 1. The lowest BCUT2D eigenvalue weighted by Crippen LogP contribution is -2.14. The summed E-state index contributed by atoms with van der Waals surface area (Å²) in [6.07, 6.45) is 0. The average Bonchev–Trinajstić information content (AvgIpc) is 2.43. The normalized spacial score (nSPS) is 11.2. The van der Waals surface area contributed by atoms with Crippen molar-refractivity contribution in [3.8, 4) is 5.75 Å². The van der Waals surface area contributed by atoms with Crippen LogP contribution in [0.1, 0.15) is 6.92 Å². The lowest BCUT2D eigenvalue weighted by molar-refractivity contribution is 0.342. The number of benzene rings is 2. The van der Waals surface area contributed by atoms with Crippen molar-refractivity contribution >= 4 is 38.9 Å². The van der Waals surface area contributed by atoms with E-state index < -0.39 is 10.0 Å². The Bertz CT molecular complexity index is 730. The second-order valence-electron chi connectivity index (χ2n) is 4.11. The van der Waals surface area contributed by atoms with Gasteiger partial charge in [-0.2, -0.15) is 0 Å². The van der Waals surface area contributed by atoms with Gasteiger partial charge in [0.05, 0.1) is 22.2 Å². The number of halogens is 2. The summed E-state index contributed by atoms with van der Waals surface area (Å²) in [4.78, 5) is 0.106. The van der Waals surface area contributed by atoms with Crippen LogP contribution in [0.2, 0.25) is 10.0 Å². The summed E-state index contributed by atoms with van der Waals surface area (Å²) < 4.78 is 32.5. The van der Waals surface area contributed by atoms with E-state index in [1.165, 1.54) is 24.3 Å². The third-order valence-electron chi connectivity index (χ3n) is 2.62. The smallest absolute Gasteiger partial charge is 0.262 e. The van der Waals surface area contributed by atoms with Crippen molar-refractivity contribution in [3.05, 3.63) is 52.5 Å². The van der Waals surface area contributed by atoms with E-state index in [1.807, 2.05) is 0 Å². The SMILES string of the molecule is CCOc1c(Cl)cccc1NS(=O)(=O)c1ccc(Cl)cc1. The highest BCUT2D eigenvalue weighted by Gasteiger charge is 2.17. The molecular formula is C14H13Cl2NO3S. The zero-order valence-corrected chi connectivity index (χ0v) is 13.5. The van der Waals surface area contributed by atoms with E-state index in [2.05, 4.69) is 4.72 Å². The molecule has 0 aliphatic heterocycles. The number of anilines is 1. The molecule has 0 aromatic heterocycles. The third-order valence-corrected chi connectivity index (χ3v) is 4.55. The predicted octanol–water partition coefficient (Wildman–Crippen LogP) is 4.19. The van der Waals surface area contributed by atoms with E-state index >= 15 is 0 Å². The van der Waals surface area contributed by atoms with E-state index in [9.17, 15) is 8.42 Å². The number of rotatable bonds is 5. The number of para-hydroxylation sites is 1. The second kappa shape index (κ2) is 6.56. The molecule has 112 valence electrons. The second-order valence-corrected chi connectivity index (χ2v) is 6.63. The van der Waals surface area contributed by atoms with Gasteiger partial charge in [0.15, 0.2) is 5.75 Å². The molecule has 0 aliphatic rings. The number of hydrogen-bond acceptors (Lipinski definition) is 3. The minimum absolute atomic E-state index is 0.106. The van der Waals surface area contributed by atoms with E-state index in [0.29, 0.717) is 28.1 Å². The van der Waals surface area contributed by atoms with Crippen molar-refractivity contribution in [1.29, 1.82) is 0 Å². The van der Waals surface area contributed by atoms with Crippen molar-refractivity contribution in [2.45, 2.75) is 11.8 Å². The van der Waals surface area contributed by atoms with E-state index in [4.69, 9.17) is 27.9 Å². The van der Waals surface area contributed by atoms with Gasteiger partial charge in [0, 0.05) is 5.02 Å². The van der Waals surface area contributed by atoms with Crippen LogP contribution < -0.4 is 9.46 Å². The summed E-state index contributed by atoms with van der Waals surface area (Å²) in [5, 5.41) is 0.805. The van der Waals surface area contributed by atoms with Crippen LogP contribution >= 0.6 is 23.2 Å². The van der Waals surface area contributed by atoms with Crippen LogP contribution in [0.3, 0.4) is 0 Å². The van der Waals surface area contributed by atoms with Crippen LogP contribution in [-0.4, -0.2) is 15.0 Å². The summed E-state index contributed by atoms with van der Waals surface area (Å²) in [5.41, 5.74) is 0.291. The Labute approximate surface area is 133 Å². The maximum Gasteiger partial charge on any atom is 0.262 e. The zero-order valence-electron chi connectivity index (χ0n) is 11.1. The fraction of sp³-hybridized carbons (Fsp3) is 0.143. The van der Waals surface area contributed by atoms with Gasteiger partial charge in [-0.05, 0) is 43.3 Å². The Balaban J connectivity index is 2.37. The van der Waals surface area contributed by atoms with Crippen molar-refractivity contribution in [2.75, 3.05) is 11.3 Å². The molecule has 2 aromatic carbocycles. The Hall–Kier alpha value is -1.43. The summed E-state index contributed by atoms with van der Waals surface area (Å²) in [5.74, 6) is 0.305. The molecule has 0 saturated carbocycles. The molecule has 0 heterocycles. The Morgan fingerprint density at radius 2 is 1.76 bits per heavy atom. The van der Waals surface area contributed by atoms with Crippen molar-refractivity contribution in [3.63, 3.8) is 0 Å². The highest BCUT2D eigenvalue weighted by Crippen LogP contribution is 2.34. The molecule has 0 amide bonds. The molecule has 0 spiro atoms. The largest absolute Gasteiger partial charge is 0.490 e. The summed E-state index contributed by atoms with van der Waals surface area (Å²) in [7, 11) is -3.73. The van der Waals surface area contributed by atoms with Gasteiger partial charge < -0.3 is 4.74 Å². The number of ether oxygens (including phenoxy) is 1. The molecule has 0 atom stereocenters. The average molecular weight is 346 g/mol.